The molecule has 5 heteroatoms. The summed E-state index contributed by atoms with van der Waals surface area (Å²) < 4.78 is 5.83. The van der Waals surface area contributed by atoms with Crippen molar-refractivity contribution in [3.05, 3.63) is 48.8 Å². The number of hydrogen-bond donors (Lipinski definition) is 0. The molecule has 0 aromatic carbocycles. The number of thiazole rings is 1. The monoisotopic (exact) mass is 265 g/mol. The maximum absolute atomic E-state index is 4.23. The van der Waals surface area contributed by atoms with Gasteiger partial charge in [0.1, 0.15) is 4.70 Å². The van der Waals surface area contributed by atoms with Gasteiger partial charge in [0.25, 0.3) is 5.01 Å². The molecule has 0 spiro atoms. The van der Waals surface area contributed by atoms with Gasteiger partial charge in [0, 0.05) is 30.4 Å². The standard InChI is InChI=1S/C14H9N4S/c1-2-15-5-9-7-18-12-8-17-4-3-16-6-11(17)13(12)19-14(18)10(1)9/h1-6,8H,7H2/q+1. The van der Waals surface area contributed by atoms with Crippen molar-refractivity contribution in [2.75, 3.05) is 0 Å². The smallest absolute Gasteiger partial charge is 0.271 e. The van der Waals surface area contributed by atoms with Crippen molar-refractivity contribution in [3.63, 3.8) is 0 Å². The Morgan fingerprint density at radius 3 is 3.16 bits per heavy atom. The second kappa shape index (κ2) is 3.19. The van der Waals surface area contributed by atoms with Gasteiger partial charge in [-0.1, -0.05) is 11.3 Å². The van der Waals surface area contributed by atoms with E-state index in [0.717, 1.165) is 6.54 Å². The summed E-state index contributed by atoms with van der Waals surface area (Å²) in [6, 6.07) is 2.11. The van der Waals surface area contributed by atoms with Crippen LogP contribution in [0.5, 0.6) is 0 Å². The quantitative estimate of drug-likeness (QED) is 0.402. The Kier molecular flexibility index (Phi) is 1.62. The summed E-state index contributed by atoms with van der Waals surface area (Å²) in [5.41, 5.74) is 5.09. The molecule has 0 amide bonds. The van der Waals surface area contributed by atoms with Crippen molar-refractivity contribution in [2.24, 2.45) is 0 Å². The number of fused-ring (bicyclic) bond motifs is 7. The van der Waals surface area contributed by atoms with Gasteiger partial charge in [-0.15, -0.1) is 0 Å². The van der Waals surface area contributed by atoms with Crippen LogP contribution in [0.2, 0.25) is 0 Å². The summed E-state index contributed by atoms with van der Waals surface area (Å²) in [4.78, 5) is 8.45. The molecule has 5 rings (SSSR count). The molecular formula is C14H9N4S+. The third kappa shape index (κ3) is 1.11. The molecule has 0 aliphatic carbocycles. The Balaban J connectivity index is 1.93. The van der Waals surface area contributed by atoms with Crippen molar-refractivity contribution in [3.8, 4) is 10.6 Å². The molecule has 90 valence electrons. The van der Waals surface area contributed by atoms with E-state index in [2.05, 4.69) is 31.2 Å². The van der Waals surface area contributed by atoms with Crippen LogP contribution in [0, 0.1) is 0 Å². The van der Waals surface area contributed by atoms with Gasteiger partial charge in [0.15, 0.2) is 6.54 Å². The zero-order valence-corrected chi connectivity index (χ0v) is 10.8. The van der Waals surface area contributed by atoms with Crippen LogP contribution < -0.4 is 4.57 Å². The first-order valence-electron chi connectivity index (χ1n) is 6.12. The molecule has 0 radical (unpaired) electrons. The molecule has 0 saturated carbocycles. The molecule has 1 aliphatic heterocycles. The molecule has 0 saturated heterocycles. The minimum absolute atomic E-state index is 0.919. The molecule has 0 N–H and O–H groups in total. The van der Waals surface area contributed by atoms with Crippen molar-refractivity contribution >= 4 is 27.1 Å². The topological polar surface area (TPSA) is 34.1 Å². The minimum Gasteiger partial charge on any atom is -0.313 e. The Morgan fingerprint density at radius 1 is 1.21 bits per heavy atom. The normalized spacial score (nSPS) is 13.1. The predicted molar refractivity (Wildman–Crippen MR) is 73.1 cm³/mol. The first-order valence-corrected chi connectivity index (χ1v) is 6.94. The third-order valence-electron chi connectivity index (χ3n) is 3.71. The summed E-state index contributed by atoms with van der Waals surface area (Å²) in [6.07, 6.45) is 11.8. The maximum atomic E-state index is 4.23. The van der Waals surface area contributed by atoms with E-state index in [1.807, 2.05) is 42.3 Å². The highest BCUT2D eigenvalue weighted by molar-refractivity contribution is 7.22. The molecule has 0 atom stereocenters. The number of hydrogen-bond acceptors (Lipinski definition) is 3. The largest absolute Gasteiger partial charge is 0.313 e. The lowest BCUT2D eigenvalue weighted by Crippen LogP contribution is -2.29. The molecule has 1 aliphatic rings. The van der Waals surface area contributed by atoms with Gasteiger partial charge in [0.2, 0.25) is 5.52 Å². The van der Waals surface area contributed by atoms with E-state index in [1.54, 1.807) is 0 Å². The van der Waals surface area contributed by atoms with Crippen molar-refractivity contribution in [1.29, 1.82) is 0 Å². The minimum atomic E-state index is 0.919. The molecule has 0 bridgehead atoms. The van der Waals surface area contributed by atoms with Gasteiger partial charge in [-0.3, -0.25) is 9.97 Å². The van der Waals surface area contributed by atoms with E-state index in [1.165, 1.54) is 31.9 Å². The van der Waals surface area contributed by atoms with E-state index >= 15 is 0 Å². The van der Waals surface area contributed by atoms with Gasteiger partial charge in [-0.05, 0) is 6.07 Å². The van der Waals surface area contributed by atoms with E-state index in [-0.39, 0.29) is 0 Å². The Hall–Kier alpha value is -2.27. The summed E-state index contributed by atoms with van der Waals surface area (Å²) in [5.74, 6) is 0. The van der Waals surface area contributed by atoms with E-state index in [0.29, 0.717) is 0 Å². The summed E-state index contributed by atoms with van der Waals surface area (Å²) >= 11 is 1.84. The fraction of sp³-hybridized carbons (Fsp3) is 0.0714. The zero-order chi connectivity index (χ0) is 12.4. The van der Waals surface area contributed by atoms with Crippen LogP contribution in [0.25, 0.3) is 26.3 Å². The Bertz CT molecular complexity index is 951. The molecule has 4 aromatic heterocycles. The highest BCUT2D eigenvalue weighted by atomic mass is 32.1. The molecule has 4 aromatic rings. The van der Waals surface area contributed by atoms with Crippen molar-refractivity contribution in [2.45, 2.75) is 6.54 Å². The van der Waals surface area contributed by atoms with Crippen LogP contribution in [0.4, 0.5) is 0 Å². The molecular weight excluding hydrogens is 256 g/mol. The summed E-state index contributed by atoms with van der Waals surface area (Å²) in [5, 5.41) is 1.33. The van der Waals surface area contributed by atoms with Crippen molar-refractivity contribution in [1.82, 2.24) is 14.4 Å². The molecule has 5 heterocycles. The molecule has 4 nitrogen and oxygen atoms in total. The molecule has 19 heavy (non-hydrogen) atoms. The lowest BCUT2D eigenvalue weighted by atomic mass is 10.2. The van der Waals surface area contributed by atoms with Crippen LogP contribution in [-0.2, 0) is 6.54 Å². The molecule has 0 fully saturated rings. The zero-order valence-electron chi connectivity index (χ0n) is 9.95. The maximum Gasteiger partial charge on any atom is 0.271 e. The van der Waals surface area contributed by atoms with Crippen molar-refractivity contribution < 1.29 is 4.57 Å². The number of aromatic nitrogens is 4. The number of rotatable bonds is 0. The van der Waals surface area contributed by atoms with E-state index in [9.17, 15) is 0 Å². The van der Waals surface area contributed by atoms with Gasteiger partial charge in [-0.25, -0.2) is 0 Å². The van der Waals surface area contributed by atoms with Crippen LogP contribution in [-0.4, -0.2) is 14.4 Å². The second-order valence-corrected chi connectivity index (χ2v) is 5.74. The SMILES string of the molecule is c1cc2c(cn1)C[n+]1c-2sc2c3cnccn3cc21. The average molecular weight is 265 g/mol. The highest BCUT2D eigenvalue weighted by Gasteiger charge is 2.33. The lowest BCUT2D eigenvalue weighted by molar-refractivity contribution is -0.642. The summed E-state index contributed by atoms with van der Waals surface area (Å²) in [6.45, 7) is 0.919. The van der Waals surface area contributed by atoms with E-state index in [4.69, 9.17) is 0 Å². The second-order valence-electron chi connectivity index (χ2n) is 4.74. The third-order valence-corrected chi connectivity index (χ3v) is 4.97. The fourth-order valence-electron chi connectivity index (χ4n) is 2.83. The lowest BCUT2D eigenvalue weighted by Gasteiger charge is -1.90. The van der Waals surface area contributed by atoms with Gasteiger partial charge < -0.3 is 4.40 Å². The average Bonchev–Trinajstić information content (AvgIpc) is 3.07. The van der Waals surface area contributed by atoms with Gasteiger partial charge in [0.05, 0.1) is 23.5 Å². The van der Waals surface area contributed by atoms with Gasteiger partial charge in [-0.2, -0.15) is 4.57 Å². The van der Waals surface area contributed by atoms with Crippen LogP contribution >= 0.6 is 11.3 Å². The number of nitrogens with zero attached hydrogens (tertiary/aromatic N) is 4. The first kappa shape index (κ1) is 9.63. The molecule has 0 unspecified atom stereocenters. The Morgan fingerprint density at radius 2 is 2.16 bits per heavy atom. The Labute approximate surface area is 112 Å². The predicted octanol–water partition coefficient (Wildman–Crippen LogP) is 2.26. The highest BCUT2D eigenvalue weighted by Crippen LogP contribution is 2.37. The van der Waals surface area contributed by atoms with E-state index < -0.39 is 0 Å². The van der Waals surface area contributed by atoms with Crippen LogP contribution in [0.15, 0.2) is 43.2 Å². The van der Waals surface area contributed by atoms with Gasteiger partial charge >= 0.3 is 0 Å². The first-order chi connectivity index (χ1) is 9.42. The van der Waals surface area contributed by atoms with Crippen LogP contribution in [0.3, 0.4) is 0 Å². The summed E-state index contributed by atoms with van der Waals surface area (Å²) in [7, 11) is 0. The van der Waals surface area contributed by atoms with Crippen LogP contribution in [0.1, 0.15) is 5.56 Å². The fourth-order valence-corrected chi connectivity index (χ4v) is 4.13. The number of pyridine rings is 1.